The average Bonchev–Trinajstić information content (AvgIpc) is 3.18. The zero-order valence-electron chi connectivity index (χ0n) is 12.7. The van der Waals surface area contributed by atoms with Crippen molar-refractivity contribution in [3.05, 3.63) is 52.1 Å². The first kappa shape index (κ1) is 14.7. The number of thiazole rings is 1. The van der Waals surface area contributed by atoms with Crippen molar-refractivity contribution >= 4 is 32.4 Å². The van der Waals surface area contributed by atoms with Gasteiger partial charge in [0, 0.05) is 12.1 Å². The lowest BCUT2D eigenvalue weighted by Gasteiger charge is -2.13. The number of nitrogens with one attached hydrogen (secondary N) is 1. The van der Waals surface area contributed by atoms with E-state index in [0.717, 1.165) is 32.4 Å². The summed E-state index contributed by atoms with van der Waals surface area (Å²) in [7, 11) is 0. The van der Waals surface area contributed by atoms with Gasteiger partial charge in [-0.3, -0.25) is 10.1 Å². The van der Waals surface area contributed by atoms with Gasteiger partial charge in [-0.2, -0.15) is 0 Å². The molecule has 0 amide bonds. The Balaban J connectivity index is 1.58. The molecular weight excluding hydrogens is 330 g/mol. The van der Waals surface area contributed by atoms with Crippen molar-refractivity contribution in [2.45, 2.75) is 13.0 Å². The SMILES string of the molecule is CC(Nc1nc2ccc([N+](=O)[O-])cc2s1)c1ccc2c(c1)OCO2. The van der Waals surface area contributed by atoms with Gasteiger partial charge in [-0.05, 0) is 30.7 Å². The zero-order chi connectivity index (χ0) is 16.7. The van der Waals surface area contributed by atoms with Gasteiger partial charge in [0.05, 0.1) is 21.2 Å². The molecule has 0 saturated carbocycles. The van der Waals surface area contributed by atoms with Crippen LogP contribution in [0.1, 0.15) is 18.5 Å². The molecule has 0 fully saturated rings. The number of nitro benzene ring substituents is 1. The number of nitrogens with zero attached hydrogens (tertiary/aromatic N) is 2. The maximum absolute atomic E-state index is 10.9. The number of rotatable bonds is 4. The summed E-state index contributed by atoms with van der Waals surface area (Å²) in [6.45, 7) is 2.27. The minimum atomic E-state index is -0.401. The fraction of sp³-hybridized carbons (Fsp3) is 0.188. The highest BCUT2D eigenvalue weighted by Crippen LogP contribution is 2.36. The molecule has 2 heterocycles. The van der Waals surface area contributed by atoms with Gasteiger partial charge in [-0.1, -0.05) is 17.4 Å². The van der Waals surface area contributed by atoms with Gasteiger partial charge in [0.1, 0.15) is 0 Å². The Morgan fingerprint density at radius 1 is 1.25 bits per heavy atom. The maximum atomic E-state index is 10.9. The molecule has 4 rings (SSSR count). The molecule has 0 saturated heterocycles. The molecular formula is C16H13N3O4S. The fourth-order valence-electron chi connectivity index (χ4n) is 2.54. The summed E-state index contributed by atoms with van der Waals surface area (Å²) in [4.78, 5) is 14.9. The number of anilines is 1. The van der Waals surface area contributed by atoms with E-state index in [1.165, 1.54) is 17.4 Å². The Morgan fingerprint density at radius 2 is 2.08 bits per heavy atom. The first-order valence-electron chi connectivity index (χ1n) is 7.31. The second-order valence-electron chi connectivity index (χ2n) is 5.41. The lowest BCUT2D eigenvalue weighted by Crippen LogP contribution is -2.06. The van der Waals surface area contributed by atoms with Crippen LogP contribution in [-0.2, 0) is 0 Å². The summed E-state index contributed by atoms with van der Waals surface area (Å²) in [5, 5.41) is 14.9. The zero-order valence-corrected chi connectivity index (χ0v) is 13.5. The van der Waals surface area contributed by atoms with Crippen molar-refractivity contribution < 1.29 is 14.4 Å². The number of non-ortho nitro benzene ring substituents is 1. The third-order valence-corrected chi connectivity index (χ3v) is 4.77. The van der Waals surface area contributed by atoms with Crippen LogP contribution in [-0.4, -0.2) is 16.7 Å². The smallest absolute Gasteiger partial charge is 0.270 e. The van der Waals surface area contributed by atoms with E-state index in [4.69, 9.17) is 9.47 Å². The highest BCUT2D eigenvalue weighted by Gasteiger charge is 2.17. The Kier molecular flexibility index (Phi) is 3.46. The van der Waals surface area contributed by atoms with E-state index in [9.17, 15) is 10.1 Å². The van der Waals surface area contributed by atoms with Gasteiger partial charge in [0.25, 0.3) is 5.69 Å². The second kappa shape index (κ2) is 5.64. The Hall–Kier alpha value is -2.87. The summed E-state index contributed by atoms with van der Waals surface area (Å²) >= 11 is 1.39. The fourth-order valence-corrected chi connectivity index (χ4v) is 3.53. The number of ether oxygens (including phenoxy) is 2. The van der Waals surface area contributed by atoms with E-state index in [1.54, 1.807) is 12.1 Å². The predicted octanol–water partition coefficient (Wildman–Crippen LogP) is 4.11. The second-order valence-corrected chi connectivity index (χ2v) is 6.44. The maximum Gasteiger partial charge on any atom is 0.270 e. The van der Waals surface area contributed by atoms with Crippen molar-refractivity contribution in [3.63, 3.8) is 0 Å². The van der Waals surface area contributed by atoms with Gasteiger partial charge < -0.3 is 14.8 Å². The molecule has 1 N–H and O–H groups in total. The van der Waals surface area contributed by atoms with Crippen LogP contribution in [0, 0.1) is 10.1 Å². The van der Waals surface area contributed by atoms with E-state index in [2.05, 4.69) is 10.3 Å². The van der Waals surface area contributed by atoms with Crippen LogP contribution in [0.4, 0.5) is 10.8 Å². The van der Waals surface area contributed by atoms with Crippen molar-refractivity contribution in [1.82, 2.24) is 4.98 Å². The standard InChI is InChI=1S/C16H13N3O4S/c1-9(10-2-5-13-14(6-10)23-8-22-13)17-16-18-12-4-3-11(19(20)21)7-15(12)24-16/h2-7,9H,8H2,1H3,(H,17,18). The van der Waals surface area contributed by atoms with Crippen molar-refractivity contribution in [2.24, 2.45) is 0 Å². The molecule has 1 aliphatic rings. The molecule has 7 nitrogen and oxygen atoms in total. The van der Waals surface area contributed by atoms with Crippen molar-refractivity contribution in [3.8, 4) is 11.5 Å². The van der Waals surface area contributed by atoms with E-state index in [1.807, 2.05) is 25.1 Å². The Morgan fingerprint density at radius 3 is 2.92 bits per heavy atom. The number of aromatic nitrogens is 1. The predicted molar refractivity (Wildman–Crippen MR) is 90.9 cm³/mol. The summed E-state index contributed by atoms with van der Waals surface area (Å²) < 4.78 is 11.5. The summed E-state index contributed by atoms with van der Waals surface area (Å²) in [6, 6.07) is 10.5. The summed E-state index contributed by atoms with van der Waals surface area (Å²) in [5.74, 6) is 1.49. The number of benzene rings is 2. The third-order valence-electron chi connectivity index (χ3n) is 3.82. The normalized spacial score (nSPS) is 13.9. The molecule has 0 bridgehead atoms. The average molecular weight is 343 g/mol. The highest BCUT2D eigenvalue weighted by atomic mass is 32.1. The topological polar surface area (TPSA) is 86.5 Å². The molecule has 122 valence electrons. The van der Waals surface area contributed by atoms with E-state index in [0.29, 0.717) is 0 Å². The Bertz CT molecular complexity index is 940. The Labute approximate surface area is 141 Å². The van der Waals surface area contributed by atoms with Crippen LogP contribution in [0.2, 0.25) is 0 Å². The lowest BCUT2D eigenvalue weighted by atomic mass is 10.1. The van der Waals surface area contributed by atoms with Crippen molar-refractivity contribution in [2.75, 3.05) is 12.1 Å². The molecule has 24 heavy (non-hydrogen) atoms. The molecule has 3 aromatic rings. The molecule has 0 aliphatic carbocycles. The van der Waals surface area contributed by atoms with Gasteiger partial charge in [0.2, 0.25) is 6.79 Å². The molecule has 1 atom stereocenters. The first-order valence-corrected chi connectivity index (χ1v) is 8.13. The van der Waals surface area contributed by atoms with Crippen molar-refractivity contribution in [1.29, 1.82) is 0 Å². The largest absolute Gasteiger partial charge is 0.454 e. The number of nitro groups is 1. The molecule has 0 spiro atoms. The van der Waals surface area contributed by atoms with Gasteiger partial charge >= 0.3 is 0 Å². The monoisotopic (exact) mass is 343 g/mol. The van der Waals surface area contributed by atoms with E-state index in [-0.39, 0.29) is 18.5 Å². The number of hydrogen-bond acceptors (Lipinski definition) is 7. The van der Waals surface area contributed by atoms with Crippen LogP contribution >= 0.6 is 11.3 Å². The van der Waals surface area contributed by atoms with Gasteiger partial charge in [0.15, 0.2) is 16.6 Å². The summed E-state index contributed by atoms with van der Waals surface area (Å²) in [6.07, 6.45) is 0. The minimum absolute atomic E-state index is 0.00930. The molecule has 2 aromatic carbocycles. The molecule has 8 heteroatoms. The van der Waals surface area contributed by atoms with Crippen LogP contribution in [0.25, 0.3) is 10.2 Å². The van der Waals surface area contributed by atoms with Crippen LogP contribution in [0.5, 0.6) is 11.5 Å². The van der Waals surface area contributed by atoms with Gasteiger partial charge in [-0.25, -0.2) is 4.98 Å². The van der Waals surface area contributed by atoms with Crippen LogP contribution in [0.3, 0.4) is 0 Å². The quantitative estimate of drug-likeness (QED) is 0.567. The van der Waals surface area contributed by atoms with E-state index < -0.39 is 4.92 Å². The van der Waals surface area contributed by atoms with Crippen LogP contribution in [0.15, 0.2) is 36.4 Å². The number of hydrogen-bond donors (Lipinski definition) is 1. The lowest BCUT2D eigenvalue weighted by molar-refractivity contribution is -0.384. The molecule has 1 aliphatic heterocycles. The number of fused-ring (bicyclic) bond motifs is 2. The molecule has 1 aromatic heterocycles. The van der Waals surface area contributed by atoms with E-state index >= 15 is 0 Å². The third kappa shape index (κ3) is 2.61. The molecule has 1 unspecified atom stereocenters. The van der Waals surface area contributed by atoms with Crippen LogP contribution < -0.4 is 14.8 Å². The van der Waals surface area contributed by atoms with Gasteiger partial charge in [-0.15, -0.1) is 0 Å². The minimum Gasteiger partial charge on any atom is -0.454 e. The highest BCUT2D eigenvalue weighted by molar-refractivity contribution is 7.22. The summed E-state index contributed by atoms with van der Waals surface area (Å²) in [5.41, 5.74) is 1.86. The molecule has 0 radical (unpaired) electrons. The first-order chi connectivity index (χ1) is 11.6.